The summed E-state index contributed by atoms with van der Waals surface area (Å²) in [5, 5.41) is 6.77. The summed E-state index contributed by atoms with van der Waals surface area (Å²) in [6.07, 6.45) is 3.22. The molecule has 2 saturated heterocycles. The molecular formula is C22H21N3O6. The standard InChI is InChI=1S/C22H21N3O6/c1-3-29-21(28)13-5-4-6-14(10-13)23-19(26)17-15-7-8-22(30-15)11-25(20(27)18(17)22)16-9-12(2)31-24-16/h4-10,15,17-18H,3,11H2,1-2H3,(H,23,26)/t15-,17+,18+,22-/m0/s1. The average molecular weight is 423 g/mol. The minimum absolute atomic E-state index is 0.222. The molecule has 1 N–H and O–H groups in total. The van der Waals surface area contributed by atoms with Crippen molar-refractivity contribution in [2.45, 2.75) is 25.6 Å². The number of esters is 1. The highest BCUT2D eigenvalue weighted by molar-refractivity contribution is 6.05. The van der Waals surface area contributed by atoms with Crippen LogP contribution in [0, 0.1) is 18.8 Å². The van der Waals surface area contributed by atoms with Gasteiger partial charge >= 0.3 is 5.97 Å². The summed E-state index contributed by atoms with van der Waals surface area (Å²) in [5.74, 6) is -1.38. The van der Waals surface area contributed by atoms with Crippen molar-refractivity contribution in [2.75, 3.05) is 23.4 Å². The van der Waals surface area contributed by atoms with Crippen LogP contribution in [0.15, 0.2) is 47.0 Å². The molecule has 31 heavy (non-hydrogen) atoms. The Labute approximate surface area is 178 Å². The molecule has 9 heteroatoms. The number of hydrogen-bond donors (Lipinski definition) is 1. The lowest BCUT2D eigenvalue weighted by Crippen LogP contribution is -2.41. The molecule has 3 aliphatic heterocycles. The highest BCUT2D eigenvalue weighted by atomic mass is 16.5. The van der Waals surface area contributed by atoms with Gasteiger partial charge in [0.25, 0.3) is 0 Å². The van der Waals surface area contributed by atoms with Gasteiger partial charge in [-0.15, -0.1) is 0 Å². The van der Waals surface area contributed by atoms with Crippen molar-refractivity contribution < 1.29 is 28.4 Å². The monoisotopic (exact) mass is 423 g/mol. The van der Waals surface area contributed by atoms with Crippen molar-refractivity contribution in [1.82, 2.24) is 5.16 Å². The molecule has 2 amide bonds. The predicted octanol–water partition coefficient (Wildman–Crippen LogP) is 2.08. The van der Waals surface area contributed by atoms with Crippen LogP contribution < -0.4 is 10.2 Å². The molecule has 9 nitrogen and oxygen atoms in total. The van der Waals surface area contributed by atoms with Gasteiger partial charge in [0, 0.05) is 11.8 Å². The summed E-state index contributed by atoms with van der Waals surface area (Å²) in [7, 11) is 0. The molecule has 1 aromatic heterocycles. The summed E-state index contributed by atoms with van der Waals surface area (Å²) >= 11 is 0. The Morgan fingerprint density at radius 1 is 1.35 bits per heavy atom. The van der Waals surface area contributed by atoms with Crippen molar-refractivity contribution in [3.63, 3.8) is 0 Å². The number of aromatic nitrogens is 1. The number of carbonyl (C=O) groups excluding carboxylic acids is 3. The molecule has 5 rings (SSSR count). The first-order valence-electron chi connectivity index (χ1n) is 10.1. The van der Waals surface area contributed by atoms with Crippen LogP contribution in [0.25, 0.3) is 0 Å². The number of fused-ring (bicyclic) bond motifs is 1. The van der Waals surface area contributed by atoms with Gasteiger partial charge in [0.15, 0.2) is 5.82 Å². The van der Waals surface area contributed by atoms with Gasteiger partial charge < -0.3 is 19.3 Å². The Morgan fingerprint density at radius 3 is 2.94 bits per heavy atom. The van der Waals surface area contributed by atoms with Crippen LogP contribution in [0.2, 0.25) is 0 Å². The van der Waals surface area contributed by atoms with E-state index >= 15 is 0 Å². The first kappa shape index (κ1) is 19.5. The first-order chi connectivity index (χ1) is 14.9. The lowest BCUT2D eigenvalue weighted by atomic mass is 9.76. The molecule has 2 aromatic rings. The van der Waals surface area contributed by atoms with Gasteiger partial charge in [-0.2, -0.15) is 0 Å². The van der Waals surface area contributed by atoms with E-state index in [4.69, 9.17) is 14.0 Å². The number of hydrogen-bond acceptors (Lipinski definition) is 7. The van der Waals surface area contributed by atoms with Gasteiger partial charge in [-0.1, -0.05) is 23.4 Å². The lowest BCUT2D eigenvalue weighted by Gasteiger charge is -2.23. The van der Waals surface area contributed by atoms with E-state index in [2.05, 4.69) is 10.5 Å². The van der Waals surface area contributed by atoms with Gasteiger partial charge in [0.2, 0.25) is 11.8 Å². The fraction of sp³-hybridized carbons (Fsp3) is 0.364. The topological polar surface area (TPSA) is 111 Å². The van der Waals surface area contributed by atoms with Crippen molar-refractivity contribution in [3.05, 3.63) is 53.8 Å². The zero-order valence-corrected chi connectivity index (χ0v) is 17.0. The fourth-order valence-corrected chi connectivity index (χ4v) is 4.64. The van der Waals surface area contributed by atoms with Gasteiger partial charge in [0.1, 0.15) is 11.4 Å². The van der Waals surface area contributed by atoms with E-state index in [0.717, 1.165) is 0 Å². The third-order valence-electron chi connectivity index (χ3n) is 5.94. The Bertz CT molecular complexity index is 1110. The zero-order valence-electron chi connectivity index (χ0n) is 17.0. The van der Waals surface area contributed by atoms with Crippen LogP contribution in [-0.2, 0) is 19.1 Å². The van der Waals surface area contributed by atoms with Crippen molar-refractivity contribution >= 4 is 29.3 Å². The quantitative estimate of drug-likeness (QED) is 0.579. The van der Waals surface area contributed by atoms with Crippen LogP contribution in [-0.4, -0.2) is 47.8 Å². The summed E-state index contributed by atoms with van der Waals surface area (Å²) in [5.41, 5.74) is -0.0702. The third kappa shape index (κ3) is 3.04. The van der Waals surface area contributed by atoms with Gasteiger partial charge in [-0.3, -0.25) is 14.5 Å². The van der Waals surface area contributed by atoms with Gasteiger partial charge in [-0.05, 0) is 32.0 Å². The number of nitrogens with zero attached hydrogens (tertiary/aromatic N) is 2. The first-order valence-corrected chi connectivity index (χ1v) is 10.1. The molecule has 2 bridgehead atoms. The number of aryl methyl sites for hydroxylation is 1. The summed E-state index contributed by atoms with van der Waals surface area (Å²) in [4.78, 5) is 39.9. The molecule has 0 unspecified atom stereocenters. The largest absolute Gasteiger partial charge is 0.462 e. The second kappa shape index (κ2) is 7.05. The second-order valence-electron chi connectivity index (χ2n) is 7.91. The number of amides is 2. The van der Waals surface area contributed by atoms with Crippen LogP contribution in [0.4, 0.5) is 11.5 Å². The molecule has 1 spiro atoms. The SMILES string of the molecule is CCOC(=O)c1cccc(NC(=O)[C@@H]2[C@@H]3C=C[C@@]4(CN(c5cc(C)on5)C(=O)[C@@H]24)O3)c1. The highest BCUT2D eigenvalue weighted by Crippen LogP contribution is 2.52. The fourth-order valence-electron chi connectivity index (χ4n) is 4.64. The third-order valence-corrected chi connectivity index (χ3v) is 5.94. The summed E-state index contributed by atoms with van der Waals surface area (Å²) in [6.45, 7) is 4.01. The minimum Gasteiger partial charge on any atom is -0.462 e. The molecule has 4 heterocycles. The average Bonchev–Trinajstić information content (AvgIpc) is 3.49. The Hall–Kier alpha value is -3.46. The number of nitrogens with one attached hydrogen (secondary N) is 1. The maximum Gasteiger partial charge on any atom is 0.338 e. The molecule has 1 aromatic carbocycles. The van der Waals surface area contributed by atoms with Crippen LogP contribution in [0.3, 0.4) is 0 Å². The highest BCUT2D eigenvalue weighted by Gasteiger charge is 2.67. The van der Waals surface area contributed by atoms with Gasteiger partial charge in [-0.25, -0.2) is 4.79 Å². The second-order valence-corrected chi connectivity index (χ2v) is 7.91. The number of rotatable bonds is 5. The van der Waals surface area contributed by atoms with Crippen molar-refractivity contribution in [3.8, 4) is 0 Å². The molecular weight excluding hydrogens is 402 g/mol. The van der Waals surface area contributed by atoms with Crippen LogP contribution in [0.1, 0.15) is 23.0 Å². The smallest absolute Gasteiger partial charge is 0.338 e. The molecule has 160 valence electrons. The van der Waals surface area contributed by atoms with E-state index in [1.807, 2.05) is 12.2 Å². The van der Waals surface area contributed by atoms with Crippen molar-refractivity contribution in [2.24, 2.45) is 11.8 Å². The Kier molecular flexibility index (Phi) is 4.44. The van der Waals surface area contributed by atoms with E-state index in [1.54, 1.807) is 44.2 Å². The van der Waals surface area contributed by atoms with E-state index in [0.29, 0.717) is 22.8 Å². The maximum absolute atomic E-state index is 13.3. The number of carbonyl (C=O) groups is 3. The van der Waals surface area contributed by atoms with Crippen LogP contribution >= 0.6 is 0 Å². The maximum atomic E-state index is 13.3. The number of benzene rings is 1. The van der Waals surface area contributed by atoms with E-state index in [9.17, 15) is 14.4 Å². The number of anilines is 2. The zero-order chi connectivity index (χ0) is 21.8. The molecule has 0 saturated carbocycles. The van der Waals surface area contributed by atoms with E-state index in [1.165, 1.54) is 4.90 Å². The summed E-state index contributed by atoms with van der Waals surface area (Å²) < 4.78 is 16.2. The van der Waals surface area contributed by atoms with Gasteiger partial charge in [0.05, 0.1) is 36.7 Å². The normalized spacial score (nSPS) is 28.1. The summed E-state index contributed by atoms with van der Waals surface area (Å²) in [6, 6.07) is 8.19. The molecule has 4 atom stereocenters. The van der Waals surface area contributed by atoms with E-state index < -0.39 is 29.5 Å². The van der Waals surface area contributed by atoms with Crippen LogP contribution in [0.5, 0.6) is 0 Å². The number of ether oxygens (including phenoxy) is 2. The van der Waals surface area contributed by atoms with Crippen molar-refractivity contribution in [1.29, 1.82) is 0 Å². The molecule has 0 aliphatic carbocycles. The molecule has 0 radical (unpaired) electrons. The molecule has 3 aliphatic rings. The predicted molar refractivity (Wildman–Crippen MR) is 108 cm³/mol. The van der Waals surface area contributed by atoms with E-state index in [-0.39, 0.29) is 25.0 Å². The Morgan fingerprint density at radius 2 is 2.19 bits per heavy atom. The lowest BCUT2D eigenvalue weighted by molar-refractivity contribution is -0.128. The Balaban J connectivity index is 1.38. The molecule has 2 fully saturated rings. The minimum atomic E-state index is -0.858.